The van der Waals surface area contributed by atoms with E-state index in [4.69, 9.17) is 4.74 Å². The highest BCUT2D eigenvalue weighted by Gasteiger charge is 2.01. The van der Waals surface area contributed by atoms with Gasteiger partial charge in [-0.1, -0.05) is 26.0 Å². The van der Waals surface area contributed by atoms with Crippen LogP contribution in [-0.4, -0.2) is 42.4 Å². The fraction of sp³-hybridized carbons (Fsp3) is 0.600. The van der Waals surface area contributed by atoms with Crippen LogP contribution in [0.2, 0.25) is 0 Å². The Morgan fingerprint density at radius 2 is 1.78 bits per heavy atom. The van der Waals surface area contributed by atoms with E-state index in [2.05, 4.69) is 18.7 Å². The fourth-order valence-electron chi connectivity index (χ4n) is 1.90. The highest BCUT2D eigenvalue weighted by atomic mass is 16.5. The minimum absolute atomic E-state index is 0.292. The van der Waals surface area contributed by atoms with Gasteiger partial charge in [-0.2, -0.15) is 0 Å². The standard InChI is InChI=1S/C15H25NO2/c1-4-16(5-2)10-11-18-15-8-6-14(7-9-15)12-13(3)17/h6-9,13,17H,4-5,10-12H2,1-3H3. The van der Waals surface area contributed by atoms with Crippen LogP contribution >= 0.6 is 0 Å². The maximum Gasteiger partial charge on any atom is 0.119 e. The fourth-order valence-corrected chi connectivity index (χ4v) is 1.90. The topological polar surface area (TPSA) is 32.7 Å². The van der Waals surface area contributed by atoms with Crippen LogP contribution in [0, 0.1) is 0 Å². The highest BCUT2D eigenvalue weighted by molar-refractivity contribution is 5.27. The van der Waals surface area contributed by atoms with E-state index in [0.29, 0.717) is 6.42 Å². The van der Waals surface area contributed by atoms with Crippen molar-refractivity contribution in [2.45, 2.75) is 33.3 Å². The second-order valence-electron chi connectivity index (χ2n) is 4.57. The van der Waals surface area contributed by atoms with Gasteiger partial charge in [0, 0.05) is 6.54 Å². The van der Waals surface area contributed by atoms with E-state index < -0.39 is 0 Å². The second-order valence-corrected chi connectivity index (χ2v) is 4.57. The van der Waals surface area contributed by atoms with Crippen molar-refractivity contribution >= 4 is 0 Å². The van der Waals surface area contributed by atoms with E-state index in [1.807, 2.05) is 24.3 Å². The number of rotatable bonds is 8. The minimum Gasteiger partial charge on any atom is -0.492 e. The lowest BCUT2D eigenvalue weighted by Gasteiger charge is -2.18. The van der Waals surface area contributed by atoms with Crippen molar-refractivity contribution in [1.29, 1.82) is 0 Å². The molecular weight excluding hydrogens is 226 g/mol. The van der Waals surface area contributed by atoms with E-state index in [0.717, 1.165) is 37.6 Å². The molecule has 18 heavy (non-hydrogen) atoms. The van der Waals surface area contributed by atoms with Crippen molar-refractivity contribution in [2.24, 2.45) is 0 Å². The zero-order valence-electron chi connectivity index (χ0n) is 11.7. The van der Waals surface area contributed by atoms with Crippen LogP contribution in [0.15, 0.2) is 24.3 Å². The maximum atomic E-state index is 9.30. The van der Waals surface area contributed by atoms with Crippen molar-refractivity contribution in [3.8, 4) is 5.75 Å². The molecule has 102 valence electrons. The molecule has 0 fully saturated rings. The predicted octanol–water partition coefficient (Wildman–Crippen LogP) is 2.33. The molecule has 1 rings (SSSR count). The molecule has 1 unspecified atom stereocenters. The Bertz CT molecular complexity index is 318. The van der Waals surface area contributed by atoms with Crippen LogP contribution in [0.1, 0.15) is 26.3 Å². The molecule has 0 aliphatic carbocycles. The molecule has 3 nitrogen and oxygen atoms in total. The lowest BCUT2D eigenvalue weighted by atomic mass is 10.1. The molecule has 0 aliphatic heterocycles. The van der Waals surface area contributed by atoms with Crippen molar-refractivity contribution in [3.05, 3.63) is 29.8 Å². The molecule has 0 amide bonds. The molecule has 0 bridgehead atoms. The van der Waals surface area contributed by atoms with Gasteiger partial charge in [0.15, 0.2) is 0 Å². The van der Waals surface area contributed by atoms with Crippen molar-refractivity contribution in [3.63, 3.8) is 0 Å². The van der Waals surface area contributed by atoms with Crippen LogP contribution in [0.25, 0.3) is 0 Å². The first-order chi connectivity index (χ1) is 8.65. The van der Waals surface area contributed by atoms with Gasteiger partial charge in [-0.05, 0) is 44.1 Å². The molecule has 0 radical (unpaired) electrons. The van der Waals surface area contributed by atoms with Crippen molar-refractivity contribution in [2.75, 3.05) is 26.2 Å². The first-order valence-electron chi connectivity index (χ1n) is 6.77. The molecule has 1 N–H and O–H groups in total. The Labute approximate surface area is 110 Å². The third kappa shape index (κ3) is 5.52. The number of hydrogen-bond donors (Lipinski definition) is 1. The predicted molar refractivity (Wildman–Crippen MR) is 75.1 cm³/mol. The average molecular weight is 251 g/mol. The van der Waals surface area contributed by atoms with Gasteiger partial charge >= 0.3 is 0 Å². The number of ether oxygens (including phenoxy) is 1. The summed E-state index contributed by atoms with van der Waals surface area (Å²) >= 11 is 0. The normalized spacial score (nSPS) is 12.7. The number of aliphatic hydroxyl groups is 1. The molecule has 0 saturated heterocycles. The summed E-state index contributed by atoms with van der Waals surface area (Å²) in [6.07, 6.45) is 0.402. The first-order valence-corrected chi connectivity index (χ1v) is 6.77. The van der Waals surface area contributed by atoms with Gasteiger partial charge in [-0.25, -0.2) is 0 Å². The van der Waals surface area contributed by atoms with Crippen LogP contribution < -0.4 is 4.74 Å². The molecular formula is C15H25NO2. The van der Waals surface area contributed by atoms with E-state index in [1.54, 1.807) is 6.92 Å². The smallest absolute Gasteiger partial charge is 0.119 e. The zero-order valence-corrected chi connectivity index (χ0v) is 11.7. The van der Waals surface area contributed by atoms with Crippen LogP contribution in [0.5, 0.6) is 5.75 Å². The Hall–Kier alpha value is -1.06. The van der Waals surface area contributed by atoms with Crippen LogP contribution in [-0.2, 0) is 6.42 Å². The van der Waals surface area contributed by atoms with E-state index in [-0.39, 0.29) is 6.10 Å². The summed E-state index contributed by atoms with van der Waals surface area (Å²) < 4.78 is 5.70. The van der Waals surface area contributed by atoms with Crippen LogP contribution in [0.4, 0.5) is 0 Å². The van der Waals surface area contributed by atoms with Gasteiger partial charge in [-0.3, -0.25) is 0 Å². The number of nitrogens with zero attached hydrogens (tertiary/aromatic N) is 1. The summed E-state index contributed by atoms with van der Waals surface area (Å²) in [6.45, 7) is 9.93. The molecule has 1 aromatic carbocycles. The number of aliphatic hydroxyl groups excluding tert-OH is 1. The first kappa shape index (κ1) is 15.0. The summed E-state index contributed by atoms with van der Waals surface area (Å²) in [5.74, 6) is 0.900. The van der Waals surface area contributed by atoms with Gasteiger partial charge in [0.25, 0.3) is 0 Å². The van der Waals surface area contributed by atoms with Crippen molar-refractivity contribution < 1.29 is 9.84 Å². The second kappa shape index (κ2) is 8.11. The number of benzene rings is 1. The maximum absolute atomic E-state index is 9.30. The Morgan fingerprint density at radius 1 is 1.17 bits per heavy atom. The zero-order chi connectivity index (χ0) is 13.4. The van der Waals surface area contributed by atoms with Gasteiger partial charge in [0.1, 0.15) is 12.4 Å². The molecule has 0 aromatic heterocycles. The third-order valence-electron chi connectivity index (χ3n) is 3.03. The van der Waals surface area contributed by atoms with Gasteiger partial charge in [-0.15, -0.1) is 0 Å². The minimum atomic E-state index is -0.292. The molecule has 0 aliphatic rings. The van der Waals surface area contributed by atoms with E-state index in [1.165, 1.54) is 0 Å². The lowest BCUT2D eigenvalue weighted by molar-refractivity contribution is 0.195. The Kier molecular flexibility index (Phi) is 6.76. The molecule has 1 atom stereocenters. The SMILES string of the molecule is CCN(CC)CCOc1ccc(CC(C)O)cc1. The van der Waals surface area contributed by atoms with Crippen molar-refractivity contribution in [1.82, 2.24) is 4.90 Å². The van der Waals surface area contributed by atoms with E-state index in [9.17, 15) is 5.11 Å². The van der Waals surface area contributed by atoms with Gasteiger partial charge in [0.05, 0.1) is 6.10 Å². The highest BCUT2D eigenvalue weighted by Crippen LogP contribution is 2.13. The number of hydrogen-bond acceptors (Lipinski definition) is 3. The summed E-state index contributed by atoms with van der Waals surface area (Å²) in [5.41, 5.74) is 1.14. The summed E-state index contributed by atoms with van der Waals surface area (Å²) in [6, 6.07) is 7.97. The summed E-state index contributed by atoms with van der Waals surface area (Å²) in [7, 11) is 0. The van der Waals surface area contributed by atoms with Crippen LogP contribution in [0.3, 0.4) is 0 Å². The Balaban J connectivity index is 2.35. The number of likely N-dealkylation sites (N-methyl/N-ethyl adjacent to an activating group) is 1. The summed E-state index contributed by atoms with van der Waals surface area (Å²) in [5, 5.41) is 9.30. The van der Waals surface area contributed by atoms with Gasteiger partial charge in [0.2, 0.25) is 0 Å². The molecule has 0 saturated carbocycles. The lowest BCUT2D eigenvalue weighted by Crippen LogP contribution is -2.27. The average Bonchev–Trinajstić information content (AvgIpc) is 2.36. The third-order valence-corrected chi connectivity index (χ3v) is 3.03. The monoisotopic (exact) mass is 251 g/mol. The quantitative estimate of drug-likeness (QED) is 0.769. The molecule has 3 heteroatoms. The molecule has 0 spiro atoms. The largest absolute Gasteiger partial charge is 0.492 e. The summed E-state index contributed by atoms with van der Waals surface area (Å²) in [4.78, 5) is 2.34. The Morgan fingerprint density at radius 3 is 2.28 bits per heavy atom. The molecule has 0 heterocycles. The molecule has 1 aromatic rings. The van der Waals surface area contributed by atoms with Gasteiger partial charge < -0.3 is 14.7 Å². The van der Waals surface area contributed by atoms with E-state index >= 15 is 0 Å².